The smallest absolute Gasteiger partial charge is 0.282 e. The summed E-state index contributed by atoms with van der Waals surface area (Å²) in [6.45, 7) is 7.89. The zero-order valence-corrected chi connectivity index (χ0v) is 25.2. The summed E-state index contributed by atoms with van der Waals surface area (Å²) in [6, 6.07) is 15.9. The Morgan fingerprint density at radius 3 is 2.63 bits per heavy atom. The number of hydrogen-bond acceptors (Lipinski definition) is 6. The van der Waals surface area contributed by atoms with Crippen LogP contribution in [-0.2, 0) is 17.6 Å². The lowest BCUT2D eigenvalue weighted by Gasteiger charge is -2.16. The molecule has 10 heteroatoms. The number of allylic oxidation sites excluding steroid dienone is 1. The summed E-state index contributed by atoms with van der Waals surface area (Å²) >= 11 is 9.35. The highest BCUT2D eigenvalue weighted by molar-refractivity contribution is 9.10. The van der Waals surface area contributed by atoms with Gasteiger partial charge < -0.3 is 14.8 Å². The van der Waals surface area contributed by atoms with Crippen molar-refractivity contribution in [2.75, 3.05) is 18.5 Å². The number of anilines is 1. The molecule has 4 aromatic rings. The van der Waals surface area contributed by atoms with Gasteiger partial charge in [0.1, 0.15) is 5.82 Å². The van der Waals surface area contributed by atoms with Gasteiger partial charge in [-0.1, -0.05) is 40.5 Å². The first-order chi connectivity index (χ1) is 19.8. The number of halogens is 2. The van der Waals surface area contributed by atoms with Crippen LogP contribution in [0.15, 0.2) is 81.6 Å². The number of aryl methyl sites for hydroxylation is 1. The third-order valence-corrected chi connectivity index (χ3v) is 6.71. The van der Waals surface area contributed by atoms with Gasteiger partial charge in [-0.15, -0.1) is 6.58 Å². The fourth-order valence-electron chi connectivity index (χ4n) is 4.18. The van der Waals surface area contributed by atoms with Crippen molar-refractivity contribution in [3.05, 3.63) is 104 Å². The van der Waals surface area contributed by atoms with Gasteiger partial charge in [0.25, 0.3) is 11.5 Å². The van der Waals surface area contributed by atoms with Crippen LogP contribution in [0.4, 0.5) is 5.69 Å². The number of ether oxygens (including phenoxy) is 2. The van der Waals surface area contributed by atoms with E-state index in [2.05, 4.69) is 37.9 Å². The zero-order chi connectivity index (χ0) is 29.4. The van der Waals surface area contributed by atoms with Gasteiger partial charge in [0.15, 0.2) is 18.1 Å². The number of fused-ring (bicyclic) bond motifs is 1. The van der Waals surface area contributed by atoms with E-state index in [1.165, 1.54) is 4.68 Å². The molecule has 0 bridgehead atoms. The molecule has 4 rings (SSSR count). The zero-order valence-electron chi connectivity index (χ0n) is 22.8. The van der Waals surface area contributed by atoms with Crippen LogP contribution < -0.4 is 20.3 Å². The first-order valence-corrected chi connectivity index (χ1v) is 14.3. The molecule has 0 saturated heterocycles. The van der Waals surface area contributed by atoms with Crippen molar-refractivity contribution in [3.63, 3.8) is 0 Å². The van der Waals surface area contributed by atoms with E-state index in [4.69, 9.17) is 21.1 Å². The quantitative estimate of drug-likeness (QED) is 0.136. The Hall–Kier alpha value is -3.95. The maximum atomic E-state index is 13.4. The van der Waals surface area contributed by atoms with E-state index in [-0.39, 0.29) is 18.1 Å². The van der Waals surface area contributed by atoms with Crippen LogP contribution in [0.1, 0.15) is 37.2 Å². The predicted octanol–water partition coefficient (Wildman–Crippen LogP) is 6.79. The molecule has 41 heavy (non-hydrogen) atoms. The van der Waals surface area contributed by atoms with Crippen molar-refractivity contribution in [3.8, 4) is 11.5 Å². The van der Waals surface area contributed by atoms with Crippen molar-refractivity contribution < 1.29 is 14.3 Å². The molecule has 0 fully saturated rings. The van der Waals surface area contributed by atoms with Crippen LogP contribution in [0.3, 0.4) is 0 Å². The number of nitrogens with zero attached hydrogens (tertiary/aromatic N) is 3. The lowest BCUT2D eigenvalue weighted by Crippen LogP contribution is -2.22. The van der Waals surface area contributed by atoms with E-state index in [9.17, 15) is 9.59 Å². The first kappa shape index (κ1) is 30.0. The topological polar surface area (TPSA) is 94.8 Å². The summed E-state index contributed by atoms with van der Waals surface area (Å²) in [5.41, 5.74) is 2.43. The SMILES string of the molecule is C=CCc1cc(C=Nn2c(CCC)nc3ccc(Br)cc3c2=O)cc(OCC)c1OCC(=O)Nc1ccc(Cl)cc1. The lowest BCUT2D eigenvalue weighted by atomic mass is 10.1. The maximum Gasteiger partial charge on any atom is 0.282 e. The van der Waals surface area contributed by atoms with Gasteiger partial charge in [-0.25, -0.2) is 4.98 Å². The molecule has 212 valence electrons. The Balaban J connectivity index is 1.66. The van der Waals surface area contributed by atoms with Crippen molar-refractivity contribution in [1.82, 2.24) is 9.66 Å². The molecule has 0 saturated carbocycles. The van der Waals surface area contributed by atoms with Gasteiger partial charge in [-0.05, 0) is 79.9 Å². The molecule has 0 atom stereocenters. The standard InChI is InChI=1S/C31H30BrClN4O4/c1-4-7-21-15-20(18-34-37-28(8-5-2)36-26-14-9-22(32)17-25(26)31(37)39)16-27(40-6-3)30(21)41-19-29(38)35-24-12-10-23(33)11-13-24/h4,9-18H,1,5-8,19H2,2-3H3,(H,35,38). The second kappa shape index (κ2) is 14.1. The average molecular weight is 638 g/mol. The summed E-state index contributed by atoms with van der Waals surface area (Å²) in [7, 11) is 0. The molecule has 0 unspecified atom stereocenters. The summed E-state index contributed by atoms with van der Waals surface area (Å²) in [5, 5.41) is 8.37. The van der Waals surface area contributed by atoms with Gasteiger partial charge in [-0.2, -0.15) is 9.78 Å². The molecule has 0 aliphatic carbocycles. The molecule has 8 nitrogen and oxygen atoms in total. The number of rotatable bonds is 12. The molecule has 3 aromatic carbocycles. The summed E-state index contributed by atoms with van der Waals surface area (Å²) in [4.78, 5) is 30.6. The normalized spacial score (nSPS) is 11.1. The molecule has 1 amide bonds. The summed E-state index contributed by atoms with van der Waals surface area (Å²) < 4.78 is 14.0. The van der Waals surface area contributed by atoms with Gasteiger partial charge in [0.2, 0.25) is 0 Å². The first-order valence-electron chi connectivity index (χ1n) is 13.2. The average Bonchev–Trinajstić information content (AvgIpc) is 2.94. The highest BCUT2D eigenvalue weighted by Crippen LogP contribution is 2.34. The highest BCUT2D eigenvalue weighted by atomic mass is 79.9. The van der Waals surface area contributed by atoms with Gasteiger partial charge in [-0.3, -0.25) is 9.59 Å². The molecule has 0 radical (unpaired) electrons. The number of aromatic nitrogens is 2. The molecular weight excluding hydrogens is 608 g/mol. The number of hydrogen-bond donors (Lipinski definition) is 1. The van der Waals surface area contributed by atoms with E-state index < -0.39 is 0 Å². The van der Waals surface area contributed by atoms with Crippen LogP contribution in [0.2, 0.25) is 5.02 Å². The minimum Gasteiger partial charge on any atom is -0.490 e. The lowest BCUT2D eigenvalue weighted by molar-refractivity contribution is -0.118. The molecular formula is C31H30BrClN4O4. The molecule has 0 aliphatic heterocycles. The summed E-state index contributed by atoms with van der Waals surface area (Å²) in [5.74, 6) is 1.14. The minimum absolute atomic E-state index is 0.228. The highest BCUT2D eigenvalue weighted by Gasteiger charge is 2.16. The van der Waals surface area contributed by atoms with E-state index in [0.717, 1.165) is 16.5 Å². The van der Waals surface area contributed by atoms with Crippen molar-refractivity contribution >= 4 is 56.2 Å². The van der Waals surface area contributed by atoms with Crippen LogP contribution in [0, 0.1) is 0 Å². The van der Waals surface area contributed by atoms with E-state index in [1.807, 2.05) is 32.0 Å². The van der Waals surface area contributed by atoms with E-state index >= 15 is 0 Å². The fraction of sp³-hybridized carbons (Fsp3) is 0.226. The Labute approximate surface area is 251 Å². The van der Waals surface area contributed by atoms with E-state index in [0.29, 0.717) is 63.9 Å². The van der Waals surface area contributed by atoms with Gasteiger partial charge >= 0.3 is 0 Å². The second-order valence-corrected chi connectivity index (χ2v) is 10.4. The number of benzene rings is 3. The van der Waals surface area contributed by atoms with Gasteiger partial charge in [0, 0.05) is 27.2 Å². The number of carbonyl (C=O) groups excluding carboxylic acids is 1. The second-order valence-electron chi connectivity index (χ2n) is 9.08. The maximum absolute atomic E-state index is 13.4. The number of amides is 1. The van der Waals surface area contributed by atoms with Crippen molar-refractivity contribution in [2.24, 2.45) is 5.10 Å². The summed E-state index contributed by atoms with van der Waals surface area (Å²) in [6.07, 6.45) is 5.19. The van der Waals surface area contributed by atoms with E-state index in [1.54, 1.807) is 48.7 Å². The number of carbonyl (C=O) groups is 1. The molecule has 1 N–H and O–H groups in total. The fourth-order valence-corrected chi connectivity index (χ4v) is 4.67. The van der Waals surface area contributed by atoms with Crippen LogP contribution in [0.25, 0.3) is 10.9 Å². The van der Waals surface area contributed by atoms with Crippen molar-refractivity contribution in [1.29, 1.82) is 0 Å². The van der Waals surface area contributed by atoms with Crippen LogP contribution in [-0.4, -0.2) is 35.0 Å². The Morgan fingerprint density at radius 2 is 1.93 bits per heavy atom. The number of nitrogens with one attached hydrogen (secondary N) is 1. The van der Waals surface area contributed by atoms with Crippen LogP contribution in [0.5, 0.6) is 11.5 Å². The predicted molar refractivity (Wildman–Crippen MR) is 168 cm³/mol. The monoisotopic (exact) mass is 636 g/mol. The molecule has 1 aromatic heterocycles. The Bertz CT molecular complexity index is 1650. The molecule has 0 spiro atoms. The largest absolute Gasteiger partial charge is 0.490 e. The van der Waals surface area contributed by atoms with Crippen LogP contribution >= 0.6 is 27.5 Å². The Kier molecular flexibility index (Phi) is 10.3. The molecule has 1 heterocycles. The van der Waals surface area contributed by atoms with Gasteiger partial charge in [0.05, 0.1) is 23.7 Å². The third kappa shape index (κ3) is 7.62. The minimum atomic E-state index is -0.330. The Morgan fingerprint density at radius 1 is 1.15 bits per heavy atom. The molecule has 0 aliphatic rings. The van der Waals surface area contributed by atoms with Crippen molar-refractivity contribution in [2.45, 2.75) is 33.1 Å². The third-order valence-electron chi connectivity index (χ3n) is 5.97.